The van der Waals surface area contributed by atoms with Crippen LogP contribution >= 0.6 is 0 Å². The molecule has 0 aliphatic heterocycles. The van der Waals surface area contributed by atoms with Crippen molar-refractivity contribution in [3.05, 3.63) is 23.5 Å². The summed E-state index contributed by atoms with van der Waals surface area (Å²) >= 11 is 0. The quantitative estimate of drug-likeness (QED) is 0.741. The first-order chi connectivity index (χ1) is 6.72. The predicted octanol–water partition coefficient (Wildman–Crippen LogP) is 2.10. The Morgan fingerprint density at radius 1 is 1.50 bits per heavy atom. The molecule has 0 aliphatic rings. The molecule has 0 heterocycles. The lowest BCUT2D eigenvalue weighted by Crippen LogP contribution is -1.98. The van der Waals surface area contributed by atoms with Crippen LogP contribution < -0.4 is 9.47 Å². The van der Waals surface area contributed by atoms with E-state index in [9.17, 15) is 4.39 Å². The standard InChI is InChI=1S/C10H10FNO2/c1-3-14-9-5-8(13-2)4-7(6-12)10(9)11/h4-5H,3H2,1-2H3. The van der Waals surface area contributed by atoms with E-state index in [-0.39, 0.29) is 11.3 Å². The van der Waals surface area contributed by atoms with Crippen LogP contribution in [0.2, 0.25) is 0 Å². The minimum absolute atomic E-state index is 0.0448. The molecule has 0 bridgehead atoms. The van der Waals surface area contributed by atoms with Gasteiger partial charge in [0.15, 0.2) is 11.6 Å². The summed E-state index contributed by atoms with van der Waals surface area (Å²) in [6, 6.07) is 4.48. The van der Waals surface area contributed by atoms with Gasteiger partial charge in [0.2, 0.25) is 0 Å². The molecule has 0 saturated carbocycles. The number of hydrogen-bond donors (Lipinski definition) is 0. The van der Waals surface area contributed by atoms with Crippen LogP contribution in [-0.2, 0) is 0 Å². The molecule has 0 saturated heterocycles. The van der Waals surface area contributed by atoms with Crippen molar-refractivity contribution in [2.24, 2.45) is 0 Å². The van der Waals surface area contributed by atoms with E-state index in [1.165, 1.54) is 19.2 Å². The van der Waals surface area contributed by atoms with Crippen molar-refractivity contribution >= 4 is 0 Å². The van der Waals surface area contributed by atoms with Crippen molar-refractivity contribution in [1.82, 2.24) is 0 Å². The van der Waals surface area contributed by atoms with E-state index in [0.717, 1.165) is 0 Å². The minimum atomic E-state index is -0.643. The van der Waals surface area contributed by atoms with Gasteiger partial charge in [-0.15, -0.1) is 0 Å². The van der Waals surface area contributed by atoms with Crippen LogP contribution in [0.25, 0.3) is 0 Å². The van der Waals surface area contributed by atoms with E-state index in [0.29, 0.717) is 12.4 Å². The largest absolute Gasteiger partial charge is 0.497 e. The summed E-state index contributed by atoms with van der Waals surface area (Å²) in [4.78, 5) is 0. The van der Waals surface area contributed by atoms with Gasteiger partial charge in [0.25, 0.3) is 0 Å². The molecule has 0 fully saturated rings. The molecule has 1 rings (SSSR count). The van der Waals surface area contributed by atoms with Crippen LogP contribution in [-0.4, -0.2) is 13.7 Å². The third kappa shape index (κ3) is 1.94. The van der Waals surface area contributed by atoms with Crippen molar-refractivity contribution in [2.45, 2.75) is 6.92 Å². The van der Waals surface area contributed by atoms with Gasteiger partial charge in [-0.2, -0.15) is 5.26 Å². The van der Waals surface area contributed by atoms with Crippen molar-refractivity contribution in [1.29, 1.82) is 5.26 Å². The highest BCUT2D eigenvalue weighted by Gasteiger charge is 2.11. The van der Waals surface area contributed by atoms with Crippen LogP contribution in [0, 0.1) is 17.1 Å². The predicted molar refractivity (Wildman–Crippen MR) is 48.8 cm³/mol. The van der Waals surface area contributed by atoms with Crippen LogP contribution in [0.4, 0.5) is 4.39 Å². The molecule has 0 atom stereocenters. The van der Waals surface area contributed by atoms with Gasteiger partial charge in [0.05, 0.1) is 19.3 Å². The number of methoxy groups -OCH3 is 1. The summed E-state index contributed by atoms with van der Waals surface area (Å²) < 4.78 is 23.3. The monoisotopic (exact) mass is 195 g/mol. The van der Waals surface area contributed by atoms with Gasteiger partial charge < -0.3 is 9.47 Å². The molecule has 0 unspecified atom stereocenters. The second-order valence-corrected chi connectivity index (χ2v) is 2.53. The van der Waals surface area contributed by atoms with Crippen molar-refractivity contribution < 1.29 is 13.9 Å². The summed E-state index contributed by atoms with van der Waals surface area (Å²) in [6.45, 7) is 2.08. The summed E-state index contributed by atoms with van der Waals surface area (Å²) in [6.07, 6.45) is 0. The maximum Gasteiger partial charge on any atom is 0.183 e. The molecular weight excluding hydrogens is 185 g/mol. The Bertz CT molecular complexity index is 371. The van der Waals surface area contributed by atoms with Gasteiger partial charge in [0, 0.05) is 12.1 Å². The Morgan fingerprint density at radius 3 is 2.71 bits per heavy atom. The van der Waals surface area contributed by atoms with E-state index in [1.54, 1.807) is 13.0 Å². The van der Waals surface area contributed by atoms with Crippen LogP contribution in [0.15, 0.2) is 12.1 Å². The van der Waals surface area contributed by atoms with Crippen LogP contribution in [0.5, 0.6) is 11.5 Å². The number of benzene rings is 1. The van der Waals surface area contributed by atoms with Gasteiger partial charge in [0.1, 0.15) is 11.8 Å². The van der Waals surface area contributed by atoms with Gasteiger partial charge in [-0.1, -0.05) is 0 Å². The number of nitrogens with zero attached hydrogens (tertiary/aromatic N) is 1. The van der Waals surface area contributed by atoms with Gasteiger partial charge in [-0.3, -0.25) is 0 Å². The normalized spacial score (nSPS) is 9.29. The minimum Gasteiger partial charge on any atom is -0.497 e. The number of ether oxygens (including phenoxy) is 2. The van der Waals surface area contributed by atoms with Crippen LogP contribution in [0.1, 0.15) is 12.5 Å². The zero-order valence-corrected chi connectivity index (χ0v) is 8.00. The highest BCUT2D eigenvalue weighted by Crippen LogP contribution is 2.26. The molecule has 3 nitrogen and oxygen atoms in total. The highest BCUT2D eigenvalue weighted by atomic mass is 19.1. The van der Waals surface area contributed by atoms with Gasteiger partial charge in [-0.05, 0) is 6.92 Å². The maximum atomic E-state index is 13.4. The second kappa shape index (κ2) is 4.47. The van der Waals surface area contributed by atoms with Crippen LogP contribution in [0.3, 0.4) is 0 Å². The fraction of sp³-hybridized carbons (Fsp3) is 0.300. The molecule has 74 valence electrons. The molecule has 0 N–H and O–H groups in total. The number of halogens is 1. The van der Waals surface area contributed by atoms with Gasteiger partial charge in [-0.25, -0.2) is 4.39 Å². The lowest BCUT2D eigenvalue weighted by molar-refractivity contribution is 0.317. The molecule has 0 spiro atoms. The molecule has 4 heteroatoms. The SMILES string of the molecule is CCOc1cc(OC)cc(C#N)c1F. The summed E-state index contributed by atoms with van der Waals surface area (Å²) in [7, 11) is 1.45. The number of hydrogen-bond acceptors (Lipinski definition) is 3. The molecule has 1 aromatic carbocycles. The van der Waals surface area contributed by atoms with E-state index < -0.39 is 5.82 Å². The fourth-order valence-corrected chi connectivity index (χ4v) is 1.03. The summed E-state index contributed by atoms with van der Waals surface area (Å²) in [5.74, 6) is -0.190. The zero-order valence-electron chi connectivity index (χ0n) is 8.00. The Labute approximate surface area is 81.7 Å². The average Bonchev–Trinajstić information content (AvgIpc) is 2.21. The molecule has 14 heavy (non-hydrogen) atoms. The topological polar surface area (TPSA) is 42.2 Å². The third-order valence-electron chi connectivity index (χ3n) is 1.67. The molecule has 0 amide bonds. The second-order valence-electron chi connectivity index (χ2n) is 2.53. The summed E-state index contributed by atoms with van der Waals surface area (Å²) in [5.41, 5.74) is -0.0761. The van der Waals surface area contributed by atoms with Gasteiger partial charge >= 0.3 is 0 Å². The molecule has 0 aliphatic carbocycles. The Balaban J connectivity index is 3.21. The van der Waals surface area contributed by atoms with E-state index >= 15 is 0 Å². The third-order valence-corrected chi connectivity index (χ3v) is 1.67. The first kappa shape index (κ1) is 10.3. The van der Waals surface area contributed by atoms with Crippen molar-refractivity contribution in [3.63, 3.8) is 0 Å². The average molecular weight is 195 g/mol. The molecule has 1 aromatic rings. The van der Waals surface area contributed by atoms with E-state index in [4.69, 9.17) is 14.7 Å². The Kier molecular flexibility index (Phi) is 3.29. The molecular formula is C10H10FNO2. The molecule has 0 radical (unpaired) electrons. The smallest absolute Gasteiger partial charge is 0.183 e. The van der Waals surface area contributed by atoms with E-state index in [1.807, 2.05) is 0 Å². The van der Waals surface area contributed by atoms with Crippen molar-refractivity contribution in [3.8, 4) is 17.6 Å². The van der Waals surface area contributed by atoms with Crippen molar-refractivity contribution in [2.75, 3.05) is 13.7 Å². The number of nitriles is 1. The summed E-state index contributed by atoms with van der Waals surface area (Å²) in [5, 5.41) is 8.63. The fourth-order valence-electron chi connectivity index (χ4n) is 1.03. The lowest BCUT2D eigenvalue weighted by Gasteiger charge is -2.07. The first-order valence-electron chi connectivity index (χ1n) is 4.13. The maximum absolute atomic E-state index is 13.4. The van der Waals surface area contributed by atoms with E-state index in [2.05, 4.69) is 0 Å². The zero-order chi connectivity index (χ0) is 10.6. The highest BCUT2D eigenvalue weighted by molar-refractivity contribution is 5.45. The first-order valence-corrected chi connectivity index (χ1v) is 4.13. The Hall–Kier alpha value is -1.76. The number of rotatable bonds is 3. The Morgan fingerprint density at radius 2 is 2.21 bits per heavy atom. The lowest BCUT2D eigenvalue weighted by atomic mass is 10.2. The molecule has 0 aromatic heterocycles.